The topological polar surface area (TPSA) is 79.7 Å². The van der Waals surface area contributed by atoms with Crippen LogP contribution in [-0.2, 0) is 0 Å². The van der Waals surface area contributed by atoms with E-state index in [0.29, 0.717) is 23.6 Å². The van der Waals surface area contributed by atoms with Gasteiger partial charge < -0.3 is 20.2 Å². The third-order valence-electron chi connectivity index (χ3n) is 3.25. The number of unbranched alkanes of at least 4 members (excludes halogenated alkanes) is 2. The Morgan fingerprint density at radius 2 is 2.10 bits per heavy atom. The van der Waals surface area contributed by atoms with E-state index >= 15 is 0 Å². The summed E-state index contributed by atoms with van der Waals surface area (Å²) in [5.74, 6) is 0.194. The normalized spacial score (nSPS) is 10.9. The molecule has 0 aliphatic rings. The Labute approximate surface area is 118 Å². The molecule has 5 heteroatoms. The molecule has 2 rings (SSSR count). The molecule has 0 bridgehead atoms. The first kappa shape index (κ1) is 14.4. The number of carbonyl (C=O) groups excluding carboxylic acids is 1. The molecular formula is C15H20N2O3. The van der Waals surface area contributed by atoms with E-state index in [1.165, 1.54) is 0 Å². The van der Waals surface area contributed by atoms with E-state index in [1.807, 2.05) is 0 Å². The predicted octanol–water partition coefficient (Wildman–Crippen LogP) is 2.25. The molecule has 0 spiro atoms. The summed E-state index contributed by atoms with van der Waals surface area (Å²) in [5, 5.41) is 9.55. The molecule has 3 N–H and O–H groups in total. The van der Waals surface area contributed by atoms with Crippen molar-refractivity contribution in [2.24, 2.45) is 0 Å². The molecule has 1 aromatic carbocycles. The van der Waals surface area contributed by atoms with Crippen LogP contribution in [0.2, 0.25) is 0 Å². The van der Waals surface area contributed by atoms with Crippen LogP contribution >= 0.6 is 0 Å². The summed E-state index contributed by atoms with van der Waals surface area (Å²) in [5.41, 5.74) is 7.02. The van der Waals surface area contributed by atoms with Gasteiger partial charge in [-0.3, -0.25) is 4.79 Å². The molecule has 1 heterocycles. The van der Waals surface area contributed by atoms with Gasteiger partial charge >= 0.3 is 0 Å². The van der Waals surface area contributed by atoms with E-state index in [9.17, 15) is 4.79 Å². The number of nitrogen functional groups attached to an aromatic ring is 1. The van der Waals surface area contributed by atoms with Gasteiger partial charge in [-0.05, 0) is 43.5 Å². The zero-order valence-electron chi connectivity index (χ0n) is 11.6. The van der Waals surface area contributed by atoms with Gasteiger partial charge in [0.15, 0.2) is 5.76 Å². The van der Waals surface area contributed by atoms with Crippen molar-refractivity contribution in [1.29, 1.82) is 0 Å². The summed E-state index contributed by atoms with van der Waals surface area (Å²) in [7, 11) is 1.75. The predicted molar refractivity (Wildman–Crippen MR) is 78.5 cm³/mol. The molecule has 0 aliphatic carbocycles. The first-order chi connectivity index (χ1) is 9.61. The molecule has 0 aliphatic heterocycles. The van der Waals surface area contributed by atoms with Gasteiger partial charge in [0, 0.05) is 31.3 Å². The molecule has 0 fully saturated rings. The fraction of sp³-hybridized carbons (Fsp3) is 0.400. The number of rotatable bonds is 6. The minimum Gasteiger partial charge on any atom is -0.451 e. The van der Waals surface area contributed by atoms with Crippen molar-refractivity contribution in [3.8, 4) is 0 Å². The second-order valence-corrected chi connectivity index (χ2v) is 4.92. The minimum absolute atomic E-state index is 0.135. The van der Waals surface area contributed by atoms with Crippen LogP contribution in [0.25, 0.3) is 11.0 Å². The number of amides is 1. The summed E-state index contributed by atoms with van der Waals surface area (Å²) < 4.78 is 5.55. The van der Waals surface area contributed by atoms with Crippen molar-refractivity contribution < 1.29 is 14.3 Å². The van der Waals surface area contributed by atoms with Crippen LogP contribution in [-0.4, -0.2) is 36.1 Å². The molecule has 5 nitrogen and oxygen atoms in total. The summed E-state index contributed by atoms with van der Waals surface area (Å²) >= 11 is 0. The van der Waals surface area contributed by atoms with Crippen LogP contribution in [0.1, 0.15) is 29.8 Å². The average molecular weight is 276 g/mol. The third-order valence-corrected chi connectivity index (χ3v) is 3.25. The van der Waals surface area contributed by atoms with E-state index in [2.05, 4.69) is 0 Å². The van der Waals surface area contributed by atoms with E-state index in [1.54, 1.807) is 36.2 Å². The molecule has 108 valence electrons. The first-order valence-corrected chi connectivity index (χ1v) is 6.77. The highest BCUT2D eigenvalue weighted by Crippen LogP contribution is 2.22. The van der Waals surface area contributed by atoms with Gasteiger partial charge in [-0.25, -0.2) is 0 Å². The van der Waals surface area contributed by atoms with Gasteiger partial charge in [-0.2, -0.15) is 0 Å². The van der Waals surface area contributed by atoms with Gasteiger partial charge in [0.05, 0.1) is 0 Å². The maximum atomic E-state index is 12.2. The van der Waals surface area contributed by atoms with Crippen molar-refractivity contribution in [1.82, 2.24) is 4.90 Å². The second-order valence-electron chi connectivity index (χ2n) is 4.92. The highest BCUT2D eigenvalue weighted by molar-refractivity contribution is 5.96. The molecule has 0 unspecified atom stereocenters. The number of fused-ring (bicyclic) bond motifs is 1. The Hall–Kier alpha value is -2.01. The van der Waals surface area contributed by atoms with Gasteiger partial charge in [0.25, 0.3) is 5.91 Å². The zero-order valence-corrected chi connectivity index (χ0v) is 11.6. The SMILES string of the molecule is CN(CCCCCO)C(=O)c1cc2cc(N)ccc2o1. The van der Waals surface area contributed by atoms with Crippen molar-refractivity contribution in [2.45, 2.75) is 19.3 Å². The number of carbonyl (C=O) groups is 1. The summed E-state index contributed by atoms with van der Waals surface area (Å²) in [4.78, 5) is 13.9. The van der Waals surface area contributed by atoms with E-state index in [4.69, 9.17) is 15.3 Å². The largest absolute Gasteiger partial charge is 0.451 e. The van der Waals surface area contributed by atoms with Crippen LogP contribution < -0.4 is 5.73 Å². The molecule has 1 amide bonds. The lowest BCUT2D eigenvalue weighted by atomic mass is 10.2. The van der Waals surface area contributed by atoms with Gasteiger partial charge in [-0.15, -0.1) is 0 Å². The molecule has 0 atom stereocenters. The Kier molecular flexibility index (Phi) is 4.63. The van der Waals surface area contributed by atoms with E-state index < -0.39 is 0 Å². The number of aliphatic hydroxyl groups is 1. The second kappa shape index (κ2) is 6.43. The third kappa shape index (κ3) is 3.30. The standard InChI is InChI=1S/C15H20N2O3/c1-17(7-3-2-4-8-18)15(19)14-10-11-9-12(16)5-6-13(11)20-14/h5-6,9-10,18H,2-4,7-8,16H2,1H3. The molecule has 1 aromatic heterocycles. The van der Waals surface area contributed by atoms with Crippen LogP contribution in [0.15, 0.2) is 28.7 Å². The molecule has 20 heavy (non-hydrogen) atoms. The van der Waals surface area contributed by atoms with Crippen molar-refractivity contribution in [3.05, 3.63) is 30.0 Å². The number of nitrogens with two attached hydrogens (primary N) is 1. The lowest BCUT2D eigenvalue weighted by molar-refractivity contribution is 0.0763. The van der Waals surface area contributed by atoms with Crippen LogP contribution in [0.4, 0.5) is 5.69 Å². The highest BCUT2D eigenvalue weighted by Gasteiger charge is 2.16. The molecule has 2 aromatic rings. The number of hydrogen-bond donors (Lipinski definition) is 2. The zero-order chi connectivity index (χ0) is 14.5. The van der Waals surface area contributed by atoms with Gasteiger partial charge in [-0.1, -0.05) is 0 Å². The monoisotopic (exact) mass is 276 g/mol. The number of nitrogens with zero attached hydrogens (tertiary/aromatic N) is 1. The fourth-order valence-corrected chi connectivity index (χ4v) is 2.09. The maximum Gasteiger partial charge on any atom is 0.289 e. The van der Waals surface area contributed by atoms with Crippen molar-refractivity contribution >= 4 is 22.6 Å². The van der Waals surface area contributed by atoms with Crippen molar-refractivity contribution in [2.75, 3.05) is 25.9 Å². The van der Waals surface area contributed by atoms with Crippen LogP contribution in [0.5, 0.6) is 0 Å². The Balaban J connectivity index is 2.03. The molecule has 0 radical (unpaired) electrons. The van der Waals surface area contributed by atoms with Gasteiger partial charge in [0.2, 0.25) is 0 Å². The minimum atomic E-state index is -0.135. The quantitative estimate of drug-likeness (QED) is 0.626. The Morgan fingerprint density at radius 1 is 1.30 bits per heavy atom. The average Bonchev–Trinajstić information content (AvgIpc) is 2.85. The summed E-state index contributed by atoms with van der Waals surface area (Å²) in [6.45, 7) is 0.848. The fourth-order valence-electron chi connectivity index (χ4n) is 2.09. The number of furan rings is 1. The smallest absolute Gasteiger partial charge is 0.289 e. The molecule has 0 saturated heterocycles. The number of benzene rings is 1. The lowest BCUT2D eigenvalue weighted by Gasteiger charge is -2.15. The highest BCUT2D eigenvalue weighted by atomic mass is 16.3. The van der Waals surface area contributed by atoms with Crippen LogP contribution in [0, 0.1) is 0 Å². The number of hydrogen-bond acceptors (Lipinski definition) is 4. The Morgan fingerprint density at radius 3 is 2.85 bits per heavy atom. The first-order valence-electron chi connectivity index (χ1n) is 6.77. The number of anilines is 1. The van der Waals surface area contributed by atoms with E-state index in [-0.39, 0.29) is 12.5 Å². The van der Waals surface area contributed by atoms with Crippen molar-refractivity contribution in [3.63, 3.8) is 0 Å². The lowest BCUT2D eigenvalue weighted by Crippen LogP contribution is -2.27. The van der Waals surface area contributed by atoms with E-state index in [0.717, 1.165) is 24.6 Å². The maximum absolute atomic E-state index is 12.2. The summed E-state index contributed by atoms with van der Waals surface area (Å²) in [6.07, 6.45) is 2.55. The number of aliphatic hydroxyl groups excluding tert-OH is 1. The molecule has 0 saturated carbocycles. The van der Waals surface area contributed by atoms with Gasteiger partial charge in [0.1, 0.15) is 5.58 Å². The summed E-state index contributed by atoms with van der Waals surface area (Å²) in [6, 6.07) is 7.02. The Bertz CT molecular complexity index is 592. The molecular weight excluding hydrogens is 256 g/mol. The van der Waals surface area contributed by atoms with Crippen LogP contribution in [0.3, 0.4) is 0 Å².